The van der Waals surface area contributed by atoms with Crippen LogP contribution >= 0.6 is 0 Å². The predicted octanol–water partition coefficient (Wildman–Crippen LogP) is 2.90. The summed E-state index contributed by atoms with van der Waals surface area (Å²) in [5, 5.41) is 8.70. The molecule has 2 aliphatic carbocycles. The molecule has 0 spiro atoms. The van der Waals surface area contributed by atoms with E-state index in [0.717, 1.165) is 12.8 Å². The van der Waals surface area contributed by atoms with Gasteiger partial charge in [0, 0.05) is 0 Å². The largest absolute Gasteiger partial charge is 0.251 e. The van der Waals surface area contributed by atoms with E-state index < -0.39 is 0 Å². The van der Waals surface area contributed by atoms with Crippen molar-refractivity contribution < 1.29 is 10.1 Å². The van der Waals surface area contributed by atoms with Crippen LogP contribution in [0.3, 0.4) is 0 Å². The zero-order valence-electron chi connectivity index (χ0n) is 7.38. The Morgan fingerprint density at radius 3 is 2.67 bits per heavy atom. The van der Waals surface area contributed by atoms with Crippen LogP contribution in [0, 0.1) is 0 Å². The number of allylic oxidation sites excluding steroid dienone is 1. The van der Waals surface area contributed by atoms with Gasteiger partial charge in [0.25, 0.3) is 0 Å². The molecule has 2 heteroatoms. The van der Waals surface area contributed by atoms with E-state index in [-0.39, 0.29) is 6.10 Å². The summed E-state index contributed by atoms with van der Waals surface area (Å²) >= 11 is 0. The Morgan fingerprint density at radius 1 is 1.08 bits per heavy atom. The molecule has 0 saturated heterocycles. The van der Waals surface area contributed by atoms with Gasteiger partial charge in [-0.3, -0.25) is 5.26 Å². The number of hydrogen-bond acceptors (Lipinski definition) is 2. The second-order valence-electron chi connectivity index (χ2n) is 3.82. The first-order chi connectivity index (χ1) is 5.92. The van der Waals surface area contributed by atoms with E-state index in [0.29, 0.717) is 0 Å². The zero-order chi connectivity index (χ0) is 8.39. The minimum absolute atomic E-state index is 0.0362. The van der Waals surface area contributed by atoms with Gasteiger partial charge < -0.3 is 0 Å². The summed E-state index contributed by atoms with van der Waals surface area (Å²) in [6.45, 7) is 0. The van der Waals surface area contributed by atoms with Crippen molar-refractivity contribution in [3.05, 3.63) is 11.1 Å². The fourth-order valence-corrected chi connectivity index (χ4v) is 2.46. The molecule has 2 nitrogen and oxygen atoms in total. The Bertz CT molecular complexity index is 192. The van der Waals surface area contributed by atoms with E-state index in [1.165, 1.54) is 37.7 Å². The van der Waals surface area contributed by atoms with Gasteiger partial charge in [-0.15, -0.1) is 0 Å². The zero-order valence-corrected chi connectivity index (χ0v) is 7.38. The second kappa shape index (κ2) is 3.58. The Balaban J connectivity index is 2.18. The third-order valence-electron chi connectivity index (χ3n) is 3.09. The van der Waals surface area contributed by atoms with Crippen molar-refractivity contribution in [2.45, 2.75) is 51.0 Å². The van der Waals surface area contributed by atoms with Crippen LogP contribution in [0.5, 0.6) is 0 Å². The van der Waals surface area contributed by atoms with Crippen LogP contribution < -0.4 is 0 Å². The van der Waals surface area contributed by atoms with E-state index in [1.54, 1.807) is 5.57 Å². The summed E-state index contributed by atoms with van der Waals surface area (Å²) in [5.41, 5.74) is 2.99. The first-order valence-electron chi connectivity index (χ1n) is 4.93. The summed E-state index contributed by atoms with van der Waals surface area (Å²) in [4.78, 5) is 4.50. The van der Waals surface area contributed by atoms with Gasteiger partial charge >= 0.3 is 0 Å². The molecule has 0 aromatic carbocycles. The number of hydrogen-bond donors (Lipinski definition) is 1. The molecule has 0 aliphatic heterocycles. The predicted molar refractivity (Wildman–Crippen MR) is 46.8 cm³/mol. The highest BCUT2D eigenvalue weighted by Crippen LogP contribution is 2.36. The lowest BCUT2D eigenvalue weighted by atomic mass is 9.81. The molecule has 0 aromatic rings. The molecule has 1 atom stereocenters. The van der Waals surface area contributed by atoms with E-state index in [1.807, 2.05) is 0 Å². The molecule has 1 N–H and O–H groups in total. The fraction of sp³-hybridized carbons (Fsp3) is 0.800. The highest BCUT2D eigenvalue weighted by atomic mass is 17.1. The van der Waals surface area contributed by atoms with Crippen molar-refractivity contribution >= 4 is 0 Å². The highest BCUT2D eigenvalue weighted by Gasteiger charge is 2.25. The first-order valence-corrected chi connectivity index (χ1v) is 4.93. The molecule has 0 amide bonds. The van der Waals surface area contributed by atoms with Crippen LogP contribution in [-0.4, -0.2) is 11.4 Å². The second-order valence-corrected chi connectivity index (χ2v) is 3.82. The van der Waals surface area contributed by atoms with E-state index >= 15 is 0 Å². The first kappa shape index (κ1) is 8.27. The molecule has 0 aromatic heterocycles. The third-order valence-corrected chi connectivity index (χ3v) is 3.09. The lowest BCUT2D eigenvalue weighted by Gasteiger charge is -2.29. The summed E-state index contributed by atoms with van der Waals surface area (Å²) in [5.74, 6) is 0. The van der Waals surface area contributed by atoms with Gasteiger partial charge in [-0.2, -0.15) is 0 Å². The summed E-state index contributed by atoms with van der Waals surface area (Å²) in [6.07, 6.45) is 8.48. The van der Waals surface area contributed by atoms with Gasteiger partial charge in [-0.1, -0.05) is 5.57 Å². The van der Waals surface area contributed by atoms with Crippen molar-refractivity contribution in [3.63, 3.8) is 0 Å². The molecule has 0 saturated carbocycles. The van der Waals surface area contributed by atoms with Crippen LogP contribution in [0.15, 0.2) is 11.1 Å². The van der Waals surface area contributed by atoms with Gasteiger partial charge in [0.1, 0.15) is 6.10 Å². The van der Waals surface area contributed by atoms with Crippen molar-refractivity contribution in [2.75, 3.05) is 0 Å². The van der Waals surface area contributed by atoms with Crippen LogP contribution in [0.4, 0.5) is 0 Å². The molecular formula is C10H16O2. The van der Waals surface area contributed by atoms with Gasteiger partial charge in [0.2, 0.25) is 0 Å². The van der Waals surface area contributed by atoms with Crippen LogP contribution in [0.25, 0.3) is 0 Å². The average Bonchev–Trinajstić information content (AvgIpc) is 2.17. The molecule has 2 rings (SSSR count). The molecule has 0 unspecified atom stereocenters. The molecule has 68 valence electrons. The lowest BCUT2D eigenvalue weighted by molar-refractivity contribution is -0.271. The van der Waals surface area contributed by atoms with Crippen LogP contribution in [0.2, 0.25) is 0 Å². The minimum atomic E-state index is 0.0362. The SMILES string of the molecule is OO[C@@H]1CCCC2=C1CCCC2. The standard InChI is InChI=1S/C10H16O2/c11-12-10-7-3-5-8-4-1-2-6-9(8)10/h10-11H,1-7H2/t10-/m1/s1. The molecule has 0 fully saturated rings. The summed E-state index contributed by atoms with van der Waals surface area (Å²) in [7, 11) is 0. The van der Waals surface area contributed by atoms with E-state index in [9.17, 15) is 0 Å². The maximum atomic E-state index is 8.70. The van der Waals surface area contributed by atoms with E-state index in [4.69, 9.17) is 5.26 Å². The average molecular weight is 168 g/mol. The van der Waals surface area contributed by atoms with Gasteiger partial charge in [-0.25, -0.2) is 4.89 Å². The summed E-state index contributed by atoms with van der Waals surface area (Å²) < 4.78 is 0. The van der Waals surface area contributed by atoms with Crippen molar-refractivity contribution in [3.8, 4) is 0 Å². The molecule has 12 heavy (non-hydrogen) atoms. The van der Waals surface area contributed by atoms with Crippen LogP contribution in [-0.2, 0) is 4.89 Å². The molecule has 0 radical (unpaired) electrons. The number of rotatable bonds is 1. The van der Waals surface area contributed by atoms with E-state index in [2.05, 4.69) is 4.89 Å². The molecular weight excluding hydrogens is 152 g/mol. The molecule has 0 bridgehead atoms. The molecule has 0 heterocycles. The normalized spacial score (nSPS) is 30.2. The van der Waals surface area contributed by atoms with Gasteiger partial charge in [-0.05, 0) is 50.5 Å². The topological polar surface area (TPSA) is 29.5 Å². The summed E-state index contributed by atoms with van der Waals surface area (Å²) in [6, 6.07) is 0. The lowest BCUT2D eigenvalue weighted by Crippen LogP contribution is -2.22. The minimum Gasteiger partial charge on any atom is -0.251 e. The Labute approximate surface area is 73.2 Å². The van der Waals surface area contributed by atoms with Crippen molar-refractivity contribution in [1.29, 1.82) is 0 Å². The quantitative estimate of drug-likeness (QED) is 0.370. The maximum absolute atomic E-state index is 8.70. The van der Waals surface area contributed by atoms with Crippen molar-refractivity contribution in [2.24, 2.45) is 0 Å². The van der Waals surface area contributed by atoms with Gasteiger partial charge in [0.15, 0.2) is 0 Å². The Morgan fingerprint density at radius 2 is 1.83 bits per heavy atom. The van der Waals surface area contributed by atoms with Gasteiger partial charge in [0.05, 0.1) is 0 Å². The highest BCUT2D eigenvalue weighted by molar-refractivity contribution is 5.23. The Hall–Kier alpha value is -0.340. The fourth-order valence-electron chi connectivity index (χ4n) is 2.46. The van der Waals surface area contributed by atoms with Crippen molar-refractivity contribution in [1.82, 2.24) is 0 Å². The Kier molecular flexibility index (Phi) is 2.47. The smallest absolute Gasteiger partial charge is 0.114 e. The van der Waals surface area contributed by atoms with Crippen LogP contribution in [0.1, 0.15) is 44.9 Å². The third kappa shape index (κ3) is 1.41. The molecule has 2 aliphatic rings. The monoisotopic (exact) mass is 168 g/mol. The maximum Gasteiger partial charge on any atom is 0.114 e.